The molecule has 2 aliphatic heterocycles. The molecular formula is C48H41Cl2N3O7. The molecule has 10 nitrogen and oxygen atoms in total. The Morgan fingerprint density at radius 2 is 1.27 bits per heavy atom. The molecule has 3 atom stereocenters. The smallest absolute Gasteiger partial charge is 0.308 e. The number of rotatable bonds is 10. The van der Waals surface area contributed by atoms with Crippen molar-refractivity contribution >= 4 is 79.9 Å². The van der Waals surface area contributed by atoms with Crippen molar-refractivity contribution < 1.29 is 33.8 Å². The summed E-state index contributed by atoms with van der Waals surface area (Å²) in [4.78, 5) is 56.8. The molecule has 9 rings (SSSR count). The highest BCUT2D eigenvalue weighted by Gasteiger charge is 2.40. The van der Waals surface area contributed by atoms with Gasteiger partial charge in [-0.05, 0) is 55.8 Å². The van der Waals surface area contributed by atoms with Crippen LogP contribution in [0.1, 0.15) is 53.9 Å². The lowest BCUT2D eigenvalue weighted by atomic mass is 9.88. The number of carbonyl (C=O) groups is 4. The van der Waals surface area contributed by atoms with Crippen molar-refractivity contribution in [1.29, 1.82) is 0 Å². The number of aliphatic hydroxyl groups excluding tert-OH is 1. The van der Waals surface area contributed by atoms with Crippen LogP contribution in [0.4, 0.5) is 11.4 Å². The predicted molar refractivity (Wildman–Crippen MR) is 235 cm³/mol. The highest BCUT2D eigenvalue weighted by molar-refractivity contribution is 6.20. The summed E-state index contributed by atoms with van der Waals surface area (Å²) in [6.07, 6.45) is 0. The number of nitrogens with one attached hydrogen (secondary N) is 1. The first kappa shape index (κ1) is 39.7. The van der Waals surface area contributed by atoms with Crippen LogP contribution in [0, 0.1) is 0 Å². The molecule has 3 unspecified atom stereocenters. The summed E-state index contributed by atoms with van der Waals surface area (Å²) in [5.41, 5.74) is 8.30. The van der Waals surface area contributed by atoms with Crippen molar-refractivity contribution in [3.05, 3.63) is 119 Å². The molecule has 2 heterocycles. The van der Waals surface area contributed by atoms with Crippen molar-refractivity contribution in [3.8, 4) is 33.8 Å². The normalized spacial score (nSPS) is 17.4. The van der Waals surface area contributed by atoms with Crippen LogP contribution in [0.25, 0.3) is 43.8 Å². The minimum Gasteiger partial charge on any atom is -0.426 e. The number of hydrogen-bond donors (Lipinski definition) is 2. The maximum atomic E-state index is 14.5. The Morgan fingerprint density at radius 3 is 1.95 bits per heavy atom. The third kappa shape index (κ3) is 6.59. The van der Waals surface area contributed by atoms with E-state index in [1.807, 2.05) is 91.0 Å². The average Bonchev–Trinajstić information content (AvgIpc) is 3.93. The van der Waals surface area contributed by atoms with E-state index in [-0.39, 0.29) is 67.6 Å². The van der Waals surface area contributed by atoms with E-state index in [0.717, 1.165) is 55.1 Å². The predicted octanol–water partition coefficient (Wildman–Crippen LogP) is 8.24. The van der Waals surface area contributed by atoms with Crippen molar-refractivity contribution in [3.63, 3.8) is 0 Å². The summed E-state index contributed by atoms with van der Waals surface area (Å²) in [7, 11) is 0. The number of aliphatic hydroxyl groups is 1. The number of halogens is 2. The quantitative estimate of drug-likeness (QED) is 0.0803. The number of nitrogens with zero attached hydrogens (tertiary/aromatic N) is 2. The molecule has 0 saturated carbocycles. The molecular weight excluding hydrogens is 801 g/mol. The number of anilines is 2. The topological polar surface area (TPSA) is 125 Å². The molecule has 0 fully saturated rings. The van der Waals surface area contributed by atoms with Gasteiger partial charge in [0.05, 0.1) is 31.1 Å². The van der Waals surface area contributed by atoms with Crippen LogP contribution >= 0.6 is 23.2 Å². The fraction of sp³-hybridized carbons (Fsp3) is 0.250. The van der Waals surface area contributed by atoms with E-state index in [9.17, 15) is 24.3 Å². The lowest BCUT2D eigenvalue weighted by molar-refractivity contribution is -0.132. The van der Waals surface area contributed by atoms with Crippen LogP contribution in [0.2, 0.25) is 0 Å². The lowest BCUT2D eigenvalue weighted by Gasteiger charge is -2.25. The summed E-state index contributed by atoms with van der Waals surface area (Å²) in [6, 6.07) is 31.0. The maximum Gasteiger partial charge on any atom is 0.308 e. The molecule has 60 heavy (non-hydrogen) atoms. The van der Waals surface area contributed by atoms with Crippen LogP contribution < -0.4 is 24.6 Å². The maximum absolute atomic E-state index is 14.5. The van der Waals surface area contributed by atoms with Gasteiger partial charge in [-0.2, -0.15) is 0 Å². The molecule has 2 amide bonds. The van der Waals surface area contributed by atoms with Crippen LogP contribution in [0.5, 0.6) is 11.5 Å². The molecule has 1 aliphatic carbocycles. The van der Waals surface area contributed by atoms with E-state index >= 15 is 0 Å². The van der Waals surface area contributed by atoms with Gasteiger partial charge in [0.2, 0.25) is 11.8 Å². The highest BCUT2D eigenvalue weighted by Crippen LogP contribution is 2.55. The number of carbonyl (C=O) groups excluding carboxylic acids is 4. The third-order valence-corrected chi connectivity index (χ3v) is 12.7. The standard InChI is InChI=1S/C48H41Cl2N3O7/c1-26(55)59-41-18-40-44(35-12-6-5-11-34(35)41)29(19-49)23-52(40)42(57)21-51-22-43(58)53-24-30(20-50)45-36-13-7-8-14-37(36)48(60-27(2)56)46(47(45)53)28-15-16-33-31-9-3-4-10-32(31)39(25-54)38(33)17-28/h3-18,29-30,39,51,54H,19-25H2,1-2H3. The van der Waals surface area contributed by atoms with Gasteiger partial charge in [0, 0.05) is 78.9 Å². The fourth-order valence-electron chi connectivity index (χ4n) is 9.53. The first-order valence-electron chi connectivity index (χ1n) is 19.9. The highest BCUT2D eigenvalue weighted by atomic mass is 35.5. The number of benzene rings is 6. The number of amides is 2. The van der Waals surface area contributed by atoms with Crippen LogP contribution in [0.3, 0.4) is 0 Å². The minimum atomic E-state index is -0.513. The number of alkyl halides is 2. The first-order chi connectivity index (χ1) is 29.1. The van der Waals surface area contributed by atoms with E-state index < -0.39 is 11.9 Å². The van der Waals surface area contributed by atoms with Gasteiger partial charge in [-0.1, -0.05) is 84.9 Å². The van der Waals surface area contributed by atoms with Crippen LogP contribution in [0.15, 0.2) is 97.1 Å². The molecule has 6 aromatic rings. The van der Waals surface area contributed by atoms with E-state index in [1.54, 1.807) is 15.9 Å². The molecule has 304 valence electrons. The average molecular weight is 843 g/mol. The number of ether oxygens (including phenoxy) is 2. The fourth-order valence-corrected chi connectivity index (χ4v) is 10.0. The molecule has 3 aliphatic rings. The van der Waals surface area contributed by atoms with Gasteiger partial charge in [-0.15, -0.1) is 23.2 Å². The van der Waals surface area contributed by atoms with Crippen LogP contribution in [-0.4, -0.2) is 73.4 Å². The minimum absolute atomic E-state index is 0.0943. The van der Waals surface area contributed by atoms with Gasteiger partial charge >= 0.3 is 11.9 Å². The number of hydrogen-bond acceptors (Lipinski definition) is 8. The van der Waals surface area contributed by atoms with Crippen molar-refractivity contribution in [2.75, 3.05) is 54.3 Å². The van der Waals surface area contributed by atoms with Crippen LogP contribution in [-0.2, 0) is 19.2 Å². The second kappa shape index (κ2) is 16.0. The van der Waals surface area contributed by atoms with E-state index in [4.69, 9.17) is 32.7 Å². The SMILES string of the molecule is CC(=O)Oc1cc2c(c3ccccc13)C(CCl)CN2C(=O)CNCC(=O)N1CC(CCl)c2c1c(-c1ccc3c(c1)C(CO)c1ccccc1-3)c(OC(C)=O)c1ccccc21. The zero-order valence-corrected chi connectivity index (χ0v) is 34.5. The van der Waals surface area contributed by atoms with Gasteiger partial charge in [0.25, 0.3) is 0 Å². The molecule has 0 aromatic heterocycles. The number of esters is 2. The first-order valence-corrected chi connectivity index (χ1v) is 21.0. The van der Waals surface area contributed by atoms with E-state index in [0.29, 0.717) is 40.4 Å². The summed E-state index contributed by atoms with van der Waals surface area (Å²) >= 11 is 13.2. The Morgan fingerprint density at radius 1 is 0.683 bits per heavy atom. The summed E-state index contributed by atoms with van der Waals surface area (Å²) in [5.74, 6) is -1.04. The van der Waals surface area contributed by atoms with Gasteiger partial charge in [-0.3, -0.25) is 24.5 Å². The largest absolute Gasteiger partial charge is 0.426 e. The van der Waals surface area contributed by atoms with Gasteiger partial charge < -0.3 is 24.4 Å². The Bertz CT molecular complexity index is 2770. The van der Waals surface area contributed by atoms with E-state index in [2.05, 4.69) is 5.32 Å². The van der Waals surface area contributed by atoms with Crippen molar-refractivity contribution in [2.24, 2.45) is 0 Å². The second-order valence-electron chi connectivity index (χ2n) is 15.5. The Labute approximate surface area is 356 Å². The van der Waals surface area contributed by atoms with E-state index in [1.165, 1.54) is 13.8 Å². The molecule has 0 saturated heterocycles. The van der Waals surface area contributed by atoms with Crippen molar-refractivity contribution in [2.45, 2.75) is 31.6 Å². The Hall–Kier alpha value is -5.78. The monoisotopic (exact) mass is 841 g/mol. The van der Waals surface area contributed by atoms with Crippen molar-refractivity contribution in [1.82, 2.24) is 5.32 Å². The van der Waals surface area contributed by atoms with Gasteiger partial charge in [-0.25, -0.2) is 0 Å². The summed E-state index contributed by atoms with van der Waals surface area (Å²) in [5, 5.41) is 16.9. The second-order valence-corrected chi connectivity index (χ2v) is 16.1. The molecule has 12 heteroatoms. The molecule has 0 spiro atoms. The van der Waals surface area contributed by atoms with Gasteiger partial charge in [0.1, 0.15) is 11.5 Å². The lowest BCUT2D eigenvalue weighted by Crippen LogP contribution is -2.43. The third-order valence-electron chi connectivity index (χ3n) is 11.9. The zero-order chi connectivity index (χ0) is 41.8. The molecule has 2 N–H and O–H groups in total. The number of fused-ring (bicyclic) bond motifs is 9. The molecule has 6 aromatic carbocycles. The molecule has 0 bridgehead atoms. The molecule has 0 radical (unpaired) electrons. The summed E-state index contributed by atoms with van der Waals surface area (Å²) in [6.45, 7) is 2.85. The Balaban J connectivity index is 1.07. The zero-order valence-electron chi connectivity index (χ0n) is 33.0. The summed E-state index contributed by atoms with van der Waals surface area (Å²) < 4.78 is 11.7. The van der Waals surface area contributed by atoms with Gasteiger partial charge in [0.15, 0.2) is 0 Å². The Kier molecular flexibility index (Phi) is 10.6.